The molecule has 4 nitrogen and oxygen atoms in total. The fourth-order valence-electron chi connectivity index (χ4n) is 2.12. The maximum atomic E-state index is 12.7. The number of hydrogen-bond acceptors (Lipinski definition) is 4. The van der Waals surface area contributed by atoms with Crippen LogP contribution in [0.2, 0.25) is 5.02 Å². The quantitative estimate of drug-likeness (QED) is 0.775. The van der Waals surface area contributed by atoms with E-state index in [2.05, 4.69) is 4.98 Å². The molecule has 1 aromatic heterocycles. The highest BCUT2D eigenvalue weighted by atomic mass is 35.5. The van der Waals surface area contributed by atoms with E-state index < -0.39 is 0 Å². The molecule has 2 aromatic rings. The summed E-state index contributed by atoms with van der Waals surface area (Å²) in [7, 11) is 0. The van der Waals surface area contributed by atoms with Gasteiger partial charge in [0.2, 0.25) is 0 Å². The lowest BCUT2D eigenvalue weighted by Crippen LogP contribution is -2.30. The summed E-state index contributed by atoms with van der Waals surface area (Å²) in [5.41, 5.74) is 0.712. The Hall–Kier alpha value is -1.43. The first kappa shape index (κ1) is 16.9. The van der Waals surface area contributed by atoms with Gasteiger partial charge in [0.1, 0.15) is 16.0 Å². The second kappa shape index (κ2) is 7.72. The van der Waals surface area contributed by atoms with Crippen molar-refractivity contribution in [3.63, 3.8) is 0 Å². The van der Waals surface area contributed by atoms with E-state index in [0.29, 0.717) is 28.7 Å². The molecule has 1 atom stereocenters. The predicted molar refractivity (Wildman–Crippen MR) is 91.0 cm³/mol. The smallest absolute Gasteiger partial charge is 0.270 e. The van der Waals surface area contributed by atoms with E-state index in [9.17, 15) is 4.79 Å². The van der Waals surface area contributed by atoms with Crippen molar-refractivity contribution >= 4 is 34.5 Å². The average molecular weight is 339 g/mol. The van der Waals surface area contributed by atoms with Crippen molar-refractivity contribution in [2.24, 2.45) is 0 Å². The number of hydrogen-bond donors (Lipinski definition) is 0. The van der Waals surface area contributed by atoms with Crippen LogP contribution in [0.1, 0.15) is 41.6 Å². The van der Waals surface area contributed by atoms with Crippen LogP contribution in [0, 0.1) is 0 Å². The molecule has 118 valence electrons. The topological polar surface area (TPSA) is 42.4 Å². The minimum atomic E-state index is -0.105. The number of rotatable bonds is 6. The molecule has 0 radical (unpaired) electrons. The number of benzene rings is 1. The zero-order valence-electron chi connectivity index (χ0n) is 12.9. The second-order valence-corrected chi connectivity index (χ2v) is 6.13. The molecule has 0 unspecified atom stereocenters. The van der Waals surface area contributed by atoms with Crippen LogP contribution < -0.4 is 4.90 Å². The molecule has 0 N–H and O–H groups in total. The van der Waals surface area contributed by atoms with Gasteiger partial charge in [-0.3, -0.25) is 4.79 Å². The van der Waals surface area contributed by atoms with Gasteiger partial charge in [0, 0.05) is 13.2 Å². The van der Waals surface area contributed by atoms with Crippen LogP contribution in [0.25, 0.3) is 0 Å². The van der Waals surface area contributed by atoms with Gasteiger partial charge in [-0.25, -0.2) is 4.98 Å². The summed E-state index contributed by atoms with van der Waals surface area (Å²) in [4.78, 5) is 19.3. The van der Waals surface area contributed by atoms with Gasteiger partial charge in [-0.1, -0.05) is 23.7 Å². The normalized spacial score (nSPS) is 12.2. The molecule has 0 aliphatic rings. The van der Waals surface area contributed by atoms with Gasteiger partial charge in [0.25, 0.3) is 5.91 Å². The predicted octanol–water partition coefficient (Wildman–Crippen LogP) is 4.56. The maximum absolute atomic E-state index is 12.7. The van der Waals surface area contributed by atoms with Gasteiger partial charge in [0.05, 0.1) is 16.9 Å². The highest BCUT2D eigenvalue weighted by Gasteiger charge is 2.21. The van der Waals surface area contributed by atoms with Gasteiger partial charge in [0.15, 0.2) is 0 Å². The number of nitrogens with zero attached hydrogens (tertiary/aromatic N) is 2. The summed E-state index contributed by atoms with van der Waals surface area (Å²) in [5, 5.41) is 1.37. The van der Waals surface area contributed by atoms with Crippen molar-refractivity contribution in [3.05, 3.63) is 45.4 Å². The zero-order valence-corrected chi connectivity index (χ0v) is 14.4. The number of para-hydroxylation sites is 1. The van der Waals surface area contributed by atoms with E-state index in [1.807, 2.05) is 39.0 Å². The van der Waals surface area contributed by atoms with E-state index in [1.54, 1.807) is 17.2 Å². The summed E-state index contributed by atoms with van der Waals surface area (Å²) in [6.45, 7) is 6.95. The molecule has 0 saturated carbocycles. The number of ether oxygens (including phenoxy) is 1. The third-order valence-corrected chi connectivity index (χ3v) is 4.67. The van der Waals surface area contributed by atoms with Crippen LogP contribution in [0.5, 0.6) is 0 Å². The molecular formula is C16H19ClN2O2S. The van der Waals surface area contributed by atoms with Crippen LogP contribution in [-0.4, -0.2) is 24.0 Å². The molecule has 1 aromatic carbocycles. The summed E-state index contributed by atoms with van der Waals surface area (Å²) in [5.74, 6) is -0.0944. The monoisotopic (exact) mass is 338 g/mol. The van der Waals surface area contributed by atoms with Gasteiger partial charge < -0.3 is 9.64 Å². The van der Waals surface area contributed by atoms with E-state index in [1.165, 1.54) is 11.3 Å². The van der Waals surface area contributed by atoms with Crippen molar-refractivity contribution in [1.29, 1.82) is 0 Å². The molecule has 2 rings (SSSR count). The van der Waals surface area contributed by atoms with Crippen LogP contribution in [0.4, 0.5) is 5.69 Å². The van der Waals surface area contributed by atoms with Crippen LogP contribution >= 0.6 is 22.9 Å². The largest absolute Gasteiger partial charge is 0.372 e. The Morgan fingerprint density at radius 1 is 1.41 bits per heavy atom. The van der Waals surface area contributed by atoms with Crippen LogP contribution in [0.3, 0.4) is 0 Å². The Morgan fingerprint density at radius 2 is 2.14 bits per heavy atom. The first-order valence-electron chi connectivity index (χ1n) is 7.22. The fraction of sp³-hybridized carbons (Fsp3) is 0.375. The Morgan fingerprint density at radius 3 is 2.77 bits per heavy atom. The summed E-state index contributed by atoms with van der Waals surface area (Å²) in [6, 6.07) is 7.34. The highest BCUT2D eigenvalue weighted by molar-refractivity contribution is 7.13. The lowest BCUT2D eigenvalue weighted by atomic mass is 10.2. The Balaban J connectivity index is 2.24. The Bertz CT molecular complexity index is 645. The summed E-state index contributed by atoms with van der Waals surface area (Å²) >= 11 is 7.56. The summed E-state index contributed by atoms with van der Waals surface area (Å²) in [6.07, 6.45) is 1.50. The molecule has 6 heteroatoms. The van der Waals surface area contributed by atoms with Crippen LogP contribution in [0.15, 0.2) is 30.5 Å². The SMILES string of the molecule is CCO[C@@H](C)c1ncc(C(=O)N(CC)c2ccccc2Cl)s1. The van der Waals surface area contributed by atoms with E-state index in [0.717, 1.165) is 5.01 Å². The standard InChI is InChI=1S/C16H19ClN2O2S/c1-4-19(13-9-7-6-8-12(13)17)16(20)14-10-18-15(22-14)11(3)21-5-2/h6-11H,4-5H2,1-3H3/t11-/m0/s1. The van der Waals surface area contributed by atoms with Gasteiger partial charge in [-0.05, 0) is 32.9 Å². The van der Waals surface area contributed by atoms with Gasteiger partial charge >= 0.3 is 0 Å². The summed E-state index contributed by atoms with van der Waals surface area (Å²) < 4.78 is 5.51. The fourth-order valence-corrected chi connectivity index (χ4v) is 3.23. The third kappa shape index (κ3) is 3.66. The number of aromatic nitrogens is 1. The first-order valence-corrected chi connectivity index (χ1v) is 8.41. The van der Waals surface area contributed by atoms with Crippen molar-refractivity contribution < 1.29 is 9.53 Å². The Kier molecular flexibility index (Phi) is 5.94. The molecule has 0 aliphatic carbocycles. The first-order chi connectivity index (χ1) is 10.6. The average Bonchev–Trinajstić information content (AvgIpc) is 3.00. The number of carbonyl (C=O) groups is 1. The number of thiazole rings is 1. The van der Waals surface area contributed by atoms with Gasteiger partial charge in [-0.15, -0.1) is 11.3 Å². The second-order valence-electron chi connectivity index (χ2n) is 4.66. The number of amides is 1. The van der Waals surface area contributed by atoms with Crippen LogP contribution in [-0.2, 0) is 4.74 Å². The molecule has 0 fully saturated rings. The molecule has 0 aliphatic heterocycles. The highest BCUT2D eigenvalue weighted by Crippen LogP contribution is 2.29. The number of halogens is 1. The van der Waals surface area contributed by atoms with Gasteiger partial charge in [-0.2, -0.15) is 0 Å². The van der Waals surface area contributed by atoms with Crippen molar-refractivity contribution in [3.8, 4) is 0 Å². The molecule has 0 spiro atoms. The minimum Gasteiger partial charge on any atom is -0.372 e. The van der Waals surface area contributed by atoms with E-state index in [4.69, 9.17) is 16.3 Å². The molecule has 1 amide bonds. The lowest BCUT2D eigenvalue weighted by Gasteiger charge is -2.21. The van der Waals surface area contributed by atoms with E-state index >= 15 is 0 Å². The third-order valence-electron chi connectivity index (χ3n) is 3.20. The maximum Gasteiger partial charge on any atom is 0.270 e. The molecule has 22 heavy (non-hydrogen) atoms. The van der Waals surface area contributed by atoms with E-state index in [-0.39, 0.29) is 12.0 Å². The lowest BCUT2D eigenvalue weighted by molar-refractivity contribution is 0.0762. The van der Waals surface area contributed by atoms with Crippen molar-refractivity contribution in [1.82, 2.24) is 4.98 Å². The zero-order chi connectivity index (χ0) is 16.1. The molecule has 0 saturated heterocycles. The molecule has 0 bridgehead atoms. The number of carbonyl (C=O) groups excluding carboxylic acids is 1. The number of anilines is 1. The molecule has 1 heterocycles. The Labute approximate surface area is 139 Å². The molecular weight excluding hydrogens is 320 g/mol. The minimum absolute atomic E-state index is 0.0944. The van der Waals surface area contributed by atoms with Crippen molar-refractivity contribution in [2.75, 3.05) is 18.1 Å². The van der Waals surface area contributed by atoms with Crippen molar-refractivity contribution in [2.45, 2.75) is 26.9 Å².